The summed E-state index contributed by atoms with van der Waals surface area (Å²) in [6, 6.07) is 7.13. The molecule has 1 aromatic carbocycles. The topological polar surface area (TPSA) is 81.9 Å². The van der Waals surface area contributed by atoms with Gasteiger partial charge in [0.05, 0.1) is 20.3 Å². The van der Waals surface area contributed by atoms with Gasteiger partial charge in [0.15, 0.2) is 11.5 Å². The van der Waals surface area contributed by atoms with Crippen molar-refractivity contribution >= 4 is 21.5 Å². The summed E-state index contributed by atoms with van der Waals surface area (Å²) in [6.45, 7) is 0.337. The summed E-state index contributed by atoms with van der Waals surface area (Å²) in [5.74, 6) is 1.21. The molecule has 6 nitrogen and oxygen atoms in total. The van der Waals surface area contributed by atoms with Crippen LogP contribution in [-0.2, 0) is 16.6 Å². The van der Waals surface area contributed by atoms with Crippen molar-refractivity contribution in [1.82, 2.24) is 4.31 Å². The maximum absolute atomic E-state index is 12.0. The highest BCUT2D eigenvalue weighted by Crippen LogP contribution is 2.42. The van der Waals surface area contributed by atoms with Crippen molar-refractivity contribution in [2.45, 2.75) is 12.5 Å². The van der Waals surface area contributed by atoms with E-state index in [1.54, 1.807) is 14.2 Å². The molecule has 0 saturated heterocycles. The normalized spacial score (nSPS) is 18.5. The van der Waals surface area contributed by atoms with Crippen LogP contribution in [-0.4, -0.2) is 33.5 Å². The van der Waals surface area contributed by atoms with Crippen LogP contribution >= 0.6 is 11.3 Å². The van der Waals surface area contributed by atoms with E-state index in [0.29, 0.717) is 24.5 Å². The van der Waals surface area contributed by atoms with Gasteiger partial charge in [-0.25, -0.2) is 5.14 Å². The van der Waals surface area contributed by atoms with Crippen LogP contribution in [0.25, 0.3) is 0 Å². The second-order valence-corrected chi connectivity index (χ2v) is 7.71. The first-order valence-electron chi connectivity index (χ1n) is 7.03. The zero-order valence-electron chi connectivity index (χ0n) is 12.9. The molecule has 1 aromatic heterocycles. The van der Waals surface area contributed by atoms with Crippen molar-refractivity contribution in [2.75, 3.05) is 20.8 Å². The fraction of sp³-hybridized carbons (Fsp3) is 0.333. The van der Waals surface area contributed by atoms with Crippen molar-refractivity contribution in [1.29, 1.82) is 0 Å². The quantitative estimate of drug-likeness (QED) is 0.909. The number of rotatable bonds is 4. The minimum absolute atomic E-state index is 0.337. The van der Waals surface area contributed by atoms with E-state index in [4.69, 9.17) is 14.6 Å². The van der Waals surface area contributed by atoms with Gasteiger partial charge in [0, 0.05) is 11.4 Å². The van der Waals surface area contributed by atoms with Crippen LogP contribution in [0, 0.1) is 0 Å². The van der Waals surface area contributed by atoms with Gasteiger partial charge in [-0.2, -0.15) is 12.7 Å². The predicted octanol–water partition coefficient (Wildman–Crippen LogP) is 1.92. The minimum atomic E-state index is -3.81. The summed E-state index contributed by atoms with van der Waals surface area (Å²) < 4.78 is 36.1. The third-order valence-electron chi connectivity index (χ3n) is 3.97. The van der Waals surface area contributed by atoms with Gasteiger partial charge in [-0.3, -0.25) is 0 Å². The molecule has 2 N–H and O–H groups in total. The molecule has 0 spiro atoms. The van der Waals surface area contributed by atoms with E-state index in [1.807, 2.05) is 29.6 Å². The molecule has 1 atom stereocenters. The fourth-order valence-electron chi connectivity index (χ4n) is 2.94. The number of ether oxygens (including phenoxy) is 2. The number of methoxy groups -OCH3 is 2. The SMILES string of the molecule is COc1cc2c(cc1OC)[C@@H](c1cccs1)N(S(N)(=O)=O)CC2. The van der Waals surface area contributed by atoms with Crippen molar-refractivity contribution in [3.05, 3.63) is 45.6 Å². The molecule has 8 heteroatoms. The molecule has 0 fully saturated rings. The Morgan fingerprint density at radius 1 is 1.26 bits per heavy atom. The molecule has 0 radical (unpaired) electrons. The number of hydrogen-bond donors (Lipinski definition) is 1. The van der Waals surface area contributed by atoms with Crippen molar-refractivity contribution in [2.24, 2.45) is 5.14 Å². The first-order chi connectivity index (χ1) is 11.0. The molecule has 2 aromatic rings. The van der Waals surface area contributed by atoms with E-state index >= 15 is 0 Å². The van der Waals surface area contributed by atoms with Crippen LogP contribution in [0.1, 0.15) is 22.0 Å². The zero-order chi connectivity index (χ0) is 16.6. The van der Waals surface area contributed by atoms with E-state index in [2.05, 4.69) is 0 Å². The number of thiophene rings is 1. The largest absolute Gasteiger partial charge is 0.493 e. The standard InChI is InChI=1S/C15H18N2O4S2/c1-20-12-8-10-5-6-17(23(16,18)19)15(14-4-3-7-22-14)11(10)9-13(12)21-2/h3-4,7-9,15H,5-6H2,1-2H3,(H2,16,18,19)/t15-/m0/s1. The van der Waals surface area contributed by atoms with E-state index in [0.717, 1.165) is 16.0 Å². The van der Waals surface area contributed by atoms with Gasteiger partial charge >= 0.3 is 0 Å². The lowest BCUT2D eigenvalue weighted by atomic mass is 9.92. The van der Waals surface area contributed by atoms with Crippen molar-refractivity contribution in [3.63, 3.8) is 0 Å². The Hall–Kier alpha value is -1.61. The van der Waals surface area contributed by atoms with E-state index in [1.165, 1.54) is 15.6 Å². The van der Waals surface area contributed by atoms with Crippen LogP contribution in [0.5, 0.6) is 11.5 Å². The number of fused-ring (bicyclic) bond motifs is 1. The maximum atomic E-state index is 12.0. The monoisotopic (exact) mass is 354 g/mol. The molecule has 0 saturated carbocycles. The second-order valence-electron chi connectivity index (χ2n) is 5.23. The molecule has 0 unspecified atom stereocenters. The fourth-order valence-corrected chi connectivity index (χ4v) is 4.73. The smallest absolute Gasteiger partial charge is 0.277 e. The number of hydrogen-bond acceptors (Lipinski definition) is 5. The molecule has 124 valence electrons. The van der Waals surface area contributed by atoms with Gasteiger partial charge in [0.25, 0.3) is 10.2 Å². The van der Waals surface area contributed by atoms with Gasteiger partial charge in [0.1, 0.15) is 0 Å². The van der Waals surface area contributed by atoms with E-state index in [-0.39, 0.29) is 0 Å². The summed E-state index contributed by atoms with van der Waals surface area (Å²) >= 11 is 1.50. The minimum Gasteiger partial charge on any atom is -0.493 e. The average Bonchev–Trinajstić information content (AvgIpc) is 3.05. The van der Waals surface area contributed by atoms with Crippen molar-refractivity contribution in [3.8, 4) is 11.5 Å². The van der Waals surface area contributed by atoms with Crippen LogP contribution in [0.2, 0.25) is 0 Å². The lowest BCUT2D eigenvalue weighted by molar-refractivity contribution is 0.334. The molecule has 0 amide bonds. The Labute approximate surface area is 139 Å². The molecule has 1 aliphatic heterocycles. The lowest BCUT2D eigenvalue weighted by Gasteiger charge is -2.35. The second kappa shape index (κ2) is 6.12. The summed E-state index contributed by atoms with van der Waals surface area (Å²) in [5.41, 5.74) is 1.92. The van der Waals surface area contributed by atoms with Gasteiger partial charge in [0.2, 0.25) is 0 Å². The summed E-state index contributed by atoms with van der Waals surface area (Å²) in [4.78, 5) is 0.923. The Bertz CT molecular complexity index is 803. The molecule has 0 aliphatic carbocycles. The molecule has 2 heterocycles. The lowest BCUT2D eigenvalue weighted by Crippen LogP contribution is -2.43. The summed E-state index contributed by atoms with van der Waals surface area (Å²) in [6.07, 6.45) is 0.577. The zero-order valence-corrected chi connectivity index (χ0v) is 14.5. The third-order valence-corrected chi connectivity index (χ3v) is 5.94. The van der Waals surface area contributed by atoms with Gasteiger partial charge in [-0.05, 0) is 41.1 Å². The number of benzene rings is 1. The molecular weight excluding hydrogens is 336 g/mol. The number of nitrogens with zero attached hydrogens (tertiary/aromatic N) is 1. The van der Waals surface area contributed by atoms with Crippen LogP contribution in [0.3, 0.4) is 0 Å². The average molecular weight is 354 g/mol. The van der Waals surface area contributed by atoms with Gasteiger partial charge in [-0.15, -0.1) is 11.3 Å². The van der Waals surface area contributed by atoms with Crippen LogP contribution < -0.4 is 14.6 Å². The highest BCUT2D eigenvalue weighted by Gasteiger charge is 2.36. The van der Waals surface area contributed by atoms with Gasteiger partial charge in [-0.1, -0.05) is 6.07 Å². The Morgan fingerprint density at radius 2 is 1.96 bits per heavy atom. The van der Waals surface area contributed by atoms with Crippen molar-refractivity contribution < 1.29 is 17.9 Å². The van der Waals surface area contributed by atoms with E-state index < -0.39 is 16.3 Å². The molecule has 23 heavy (non-hydrogen) atoms. The first kappa shape index (κ1) is 16.3. The summed E-state index contributed by atoms with van der Waals surface area (Å²) in [5, 5.41) is 7.36. The Kier molecular flexibility index (Phi) is 4.33. The first-order valence-corrected chi connectivity index (χ1v) is 9.41. The van der Waals surface area contributed by atoms with Crippen LogP contribution in [0.15, 0.2) is 29.6 Å². The Morgan fingerprint density at radius 3 is 2.52 bits per heavy atom. The highest BCUT2D eigenvalue weighted by molar-refractivity contribution is 7.86. The third kappa shape index (κ3) is 2.94. The number of nitrogens with two attached hydrogens (primary N) is 1. The Balaban J connectivity index is 2.20. The van der Waals surface area contributed by atoms with Gasteiger partial charge < -0.3 is 9.47 Å². The molecule has 3 rings (SSSR count). The van der Waals surface area contributed by atoms with E-state index in [9.17, 15) is 8.42 Å². The summed E-state index contributed by atoms with van der Waals surface area (Å²) in [7, 11) is -0.667. The molecule has 0 bridgehead atoms. The molecular formula is C15H18N2O4S2. The maximum Gasteiger partial charge on any atom is 0.277 e. The highest BCUT2D eigenvalue weighted by atomic mass is 32.2. The predicted molar refractivity (Wildman–Crippen MR) is 89.2 cm³/mol. The van der Waals surface area contributed by atoms with Crippen LogP contribution in [0.4, 0.5) is 0 Å². The molecule has 1 aliphatic rings.